The number of nitriles is 1. The molecule has 0 aliphatic rings. The molecule has 0 fully saturated rings. The van der Waals surface area contributed by atoms with Crippen LogP contribution in [0.1, 0.15) is 15.2 Å². The van der Waals surface area contributed by atoms with Gasteiger partial charge in [-0.3, -0.25) is 4.79 Å². The van der Waals surface area contributed by atoms with Gasteiger partial charge in [0.1, 0.15) is 11.6 Å². The summed E-state index contributed by atoms with van der Waals surface area (Å²) in [6.45, 7) is 0. The van der Waals surface area contributed by atoms with Crippen LogP contribution in [0.2, 0.25) is 5.02 Å². The third-order valence-corrected chi connectivity index (χ3v) is 3.41. The van der Waals surface area contributed by atoms with E-state index in [2.05, 4.69) is 0 Å². The van der Waals surface area contributed by atoms with E-state index >= 15 is 0 Å². The number of ketones is 1. The smallest absolute Gasteiger partial charge is 0.213 e. The van der Waals surface area contributed by atoms with Crippen LogP contribution < -0.4 is 0 Å². The van der Waals surface area contributed by atoms with E-state index in [1.165, 1.54) is 11.3 Å². The van der Waals surface area contributed by atoms with Crippen LogP contribution in [-0.4, -0.2) is 5.78 Å². The minimum absolute atomic E-state index is 0.125. The second-order valence-electron chi connectivity index (χ2n) is 3.53. The average Bonchev–Trinajstić information content (AvgIpc) is 2.91. The number of halogens is 1. The Morgan fingerprint density at radius 1 is 1.28 bits per heavy atom. The van der Waals surface area contributed by atoms with Crippen LogP contribution in [0, 0.1) is 11.3 Å². The molecular formula is C14H8ClNOS. The summed E-state index contributed by atoms with van der Waals surface area (Å²) >= 11 is 7.10. The van der Waals surface area contributed by atoms with Crippen molar-refractivity contribution in [3.8, 4) is 6.07 Å². The Balaban J connectivity index is 2.32. The molecule has 0 bridgehead atoms. The monoisotopic (exact) mass is 273 g/mol. The topological polar surface area (TPSA) is 40.9 Å². The summed E-state index contributed by atoms with van der Waals surface area (Å²) in [6.07, 6.45) is 1.57. The molecule has 0 amide bonds. The van der Waals surface area contributed by atoms with Crippen molar-refractivity contribution >= 4 is 34.8 Å². The molecular weight excluding hydrogens is 266 g/mol. The maximum Gasteiger partial charge on any atom is 0.213 e. The van der Waals surface area contributed by atoms with Crippen LogP contribution in [0.25, 0.3) is 6.08 Å². The highest BCUT2D eigenvalue weighted by Crippen LogP contribution is 2.17. The number of allylic oxidation sites excluding steroid dienone is 1. The molecule has 0 spiro atoms. The number of thiophene rings is 1. The van der Waals surface area contributed by atoms with Crippen LogP contribution in [0.4, 0.5) is 0 Å². The molecule has 1 heterocycles. The van der Waals surface area contributed by atoms with Crippen molar-refractivity contribution in [2.75, 3.05) is 0 Å². The molecule has 0 saturated carbocycles. The van der Waals surface area contributed by atoms with Crippen LogP contribution in [0.3, 0.4) is 0 Å². The Labute approximate surface area is 114 Å². The lowest BCUT2D eigenvalue weighted by atomic mass is 10.1. The summed E-state index contributed by atoms with van der Waals surface area (Å²) < 4.78 is 0. The highest BCUT2D eigenvalue weighted by Gasteiger charge is 2.12. The van der Waals surface area contributed by atoms with Gasteiger partial charge >= 0.3 is 0 Å². The van der Waals surface area contributed by atoms with Gasteiger partial charge in [0.05, 0.1) is 4.88 Å². The zero-order valence-electron chi connectivity index (χ0n) is 9.26. The molecule has 0 aliphatic carbocycles. The third-order valence-electron chi connectivity index (χ3n) is 2.29. The molecule has 1 aromatic heterocycles. The number of nitrogens with zero attached hydrogens (tertiary/aromatic N) is 1. The number of Topliss-reactive ketones (excluding diaryl/α,β-unsaturated/α-hetero) is 1. The first-order valence-corrected chi connectivity index (χ1v) is 6.42. The molecule has 0 unspecified atom stereocenters. The first kappa shape index (κ1) is 12.6. The molecule has 0 atom stereocenters. The number of hydrogen-bond donors (Lipinski definition) is 0. The van der Waals surface area contributed by atoms with E-state index in [-0.39, 0.29) is 11.4 Å². The second kappa shape index (κ2) is 5.63. The zero-order valence-corrected chi connectivity index (χ0v) is 10.8. The lowest BCUT2D eigenvalue weighted by Crippen LogP contribution is -1.98. The Morgan fingerprint density at radius 2 is 2.00 bits per heavy atom. The number of hydrogen-bond acceptors (Lipinski definition) is 3. The van der Waals surface area contributed by atoms with Crippen LogP contribution in [0.15, 0.2) is 47.4 Å². The van der Waals surface area contributed by atoms with Gasteiger partial charge < -0.3 is 0 Å². The molecule has 0 aliphatic heterocycles. The second-order valence-corrected chi connectivity index (χ2v) is 4.91. The van der Waals surface area contributed by atoms with E-state index < -0.39 is 0 Å². The predicted molar refractivity (Wildman–Crippen MR) is 73.7 cm³/mol. The van der Waals surface area contributed by atoms with Crippen molar-refractivity contribution < 1.29 is 4.79 Å². The molecule has 2 rings (SSSR count). The highest BCUT2D eigenvalue weighted by atomic mass is 35.5. The minimum atomic E-state index is -0.248. The fraction of sp³-hybridized carbons (Fsp3) is 0. The van der Waals surface area contributed by atoms with E-state index in [1.54, 1.807) is 42.5 Å². The van der Waals surface area contributed by atoms with E-state index in [4.69, 9.17) is 16.9 Å². The van der Waals surface area contributed by atoms with Crippen LogP contribution in [0.5, 0.6) is 0 Å². The summed E-state index contributed by atoms with van der Waals surface area (Å²) in [5, 5.41) is 11.5. The van der Waals surface area contributed by atoms with Crippen molar-refractivity contribution in [1.29, 1.82) is 5.26 Å². The van der Waals surface area contributed by atoms with E-state index in [9.17, 15) is 4.79 Å². The van der Waals surface area contributed by atoms with E-state index in [0.717, 1.165) is 5.56 Å². The Bertz CT molecular complexity index is 621. The average molecular weight is 274 g/mol. The van der Waals surface area contributed by atoms with E-state index in [1.807, 2.05) is 11.4 Å². The van der Waals surface area contributed by atoms with Crippen LogP contribution >= 0.6 is 22.9 Å². The van der Waals surface area contributed by atoms with Gasteiger partial charge in [-0.2, -0.15) is 5.26 Å². The highest BCUT2D eigenvalue weighted by molar-refractivity contribution is 7.12. The van der Waals surface area contributed by atoms with Gasteiger partial charge in [-0.1, -0.05) is 29.8 Å². The van der Waals surface area contributed by atoms with Gasteiger partial charge in [-0.25, -0.2) is 0 Å². The van der Waals surface area contributed by atoms with Gasteiger partial charge in [-0.05, 0) is 35.2 Å². The van der Waals surface area contributed by atoms with Gasteiger partial charge in [0.25, 0.3) is 0 Å². The van der Waals surface area contributed by atoms with Gasteiger partial charge in [0, 0.05) is 5.02 Å². The molecule has 0 radical (unpaired) electrons. The normalized spacial score (nSPS) is 11.0. The predicted octanol–water partition coefficient (Wildman–Crippen LogP) is 4.19. The quantitative estimate of drug-likeness (QED) is 0.478. The SMILES string of the molecule is N#C/C(=C\c1ccc(Cl)cc1)C(=O)c1cccs1. The lowest BCUT2D eigenvalue weighted by Gasteiger charge is -1.97. The first-order chi connectivity index (χ1) is 8.70. The fourth-order valence-electron chi connectivity index (χ4n) is 1.41. The number of benzene rings is 1. The number of rotatable bonds is 3. The lowest BCUT2D eigenvalue weighted by molar-refractivity contribution is 0.104. The standard InChI is InChI=1S/C14H8ClNOS/c15-12-5-3-10(4-6-12)8-11(9-16)14(17)13-2-1-7-18-13/h1-8H/b11-8+. The maximum atomic E-state index is 12.0. The minimum Gasteiger partial charge on any atom is -0.287 e. The summed E-state index contributed by atoms with van der Waals surface area (Å²) in [4.78, 5) is 12.6. The molecule has 88 valence electrons. The molecule has 0 saturated heterocycles. The Hall–Kier alpha value is -1.89. The zero-order chi connectivity index (χ0) is 13.0. The largest absolute Gasteiger partial charge is 0.287 e. The molecule has 0 N–H and O–H groups in total. The molecule has 1 aromatic carbocycles. The van der Waals surface area contributed by atoms with E-state index in [0.29, 0.717) is 9.90 Å². The maximum absolute atomic E-state index is 12.0. The molecule has 18 heavy (non-hydrogen) atoms. The number of carbonyl (C=O) groups is 1. The van der Waals surface area contributed by atoms with Crippen LogP contribution in [-0.2, 0) is 0 Å². The van der Waals surface area contributed by atoms with Gasteiger partial charge in [0.2, 0.25) is 5.78 Å². The van der Waals surface area contributed by atoms with Crippen molar-refractivity contribution in [3.05, 3.63) is 62.8 Å². The molecule has 2 nitrogen and oxygen atoms in total. The third kappa shape index (κ3) is 2.86. The molecule has 4 heteroatoms. The summed E-state index contributed by atoms with van der Waals surface area (Å²) in [6, 6.07) is 12.4. The fourth-order valence-corrected chi connectivity index (χ4v) is 2.22. The van der Waals surface area contributed by atoms with Gasteiger partial charge in [-0.15, -0.1) is 11.3 Å². The number of carbonyl (C=O) groups excluding carboxylic acids is 1. The Morgan fingerprint density at radius 3 is 2.56 bits per heavy atom. The summed E-state index contributed by atoms with van der Waals surface area (Å²) in [5.74, 6) is -0.248. The van der Waals surface area contributed by atoms with Crippen molar-refractivity contribution in [1.82, 2.24) is 0 Å². The first-order valence-electron chi connectivity index (χ1n) is 5.16. The summed E-state index contributed by atoms with van der Waals surface area (Å²) in [5.41, 5.74) is 0.903. The summed E-state index contributed by atoms with van der Waals surface area (Å²) in [7, 11) is 0. The molecule has 2 aromatic rings. The van der Waals surface area contributed by atoms with Gasteiger partial charge in [0.15, 0.2) is 0 Å². The Kier molecular flexibility index (Phi) is 3.93. The van der Waals surface area contributed by atoms with Crippen molar-refractivity contribution in [2.45, 2.75) is 0 Å². The van der Waals surface area contributed by atoms with Crippen molar-refractivity contribution in [3.63, 3.8) is 0 Å². The van der Waals surface area contributed by atoms with Crippen molar-refractivity contribution in [2.24, 2.45) is 0 Å².